The summed E-state index contributed by atoms with van der Waals surface area (Å²) in [5, 5.41) is 0. The summed E-state index contributed by atoms with van der Waals surface area (Å²) in [5.41, 5.74) is 4.93. The third kappa shape index (κ3) is 4.83. The Labute approximate surface area is 124 Å². The Morgan fingerprint density at radius 1 is 1.40 bits per heavy atom. The predicted octanol–water partition coefficient (Wildman–Crippen LogP) is 1.70. The smallest absolute Gasteiger partial charge is 0.411 e. The second-order valence-corrected chi connectivity index (χ2v) is 6.12. The highest BCUT2D eigenvalue weighted by Crippen LogP contribution is 2.28. The van der Waals surface area contributed by atoms with Crippen LogP contribution < -0.4 is 5.73 Å². The van der Waals surface area contributed by atoms with Crippen molar-refractivity contribution in [1.82, 2.24) is 4.90 Å². The molecule has 0 aromatic rings. The zero-order valence-corrected chi connectivity index (χ0v) is 13.0. The van der Waals surface area contributed by atoms with E-state index in [-0.39, 0.29) is 12.0 Å². The molecule has 0 spiro atoms. The Bertz CT molecular complexity index is 357. The molecule has 0 radical (unpaired) electrons. The lowest BCUT2D eigenvalue weighted by atomic mass is 10.0. The molecule has 6 nitrogen and oxygen atoms in total. The number of ether oxygens (including phenoxy) is 2. The van der Waals surface area contributed by atoms with Gasteiger partial charge in [0.15, 0.2) is 6.07 Å². The van der Waals surface area contributed by atoms with E-state index in [0.29, 0.717) is 19.5 Å². The first-order valence-corrected chi connectivity index (χ1v) is 7.24. The van der Waals surface area contributed by atoms with Gasteiger partial charge in [-0.1, -0.05) is 11.6 Å². The molecule has 1 rings (SSSR count). The van der Waals surface area contributed by atoms with Gasteiger partial charge >= 0.3 is 12.1 Å². The summed E-state index contributed by atoms with van der Waals surface area (Å²) >= 11 is 5.41. The summed E-state index contributed by atoms with van der Waals surface area (Å²) in [6.45, 7) is 6.32. The van der Waals surface area contributed by atoms with Crippen LogP contribution in [-0.2, 0) is 14.3 Å². The van der Waals surface area contributed by atoms with Crippen LogP contribution in [0.1, 0.15) is 33.6 Å². The van der Waals surface area contributed by atoms with Gasteiger partial charge in [0.1, 0.15) is 11.6 Å². The fourth-order valence-corrected chi connectivity index (χ4v) is 2.37. The van der Waals surface area contributed by atoms with E-state index in [2.05, 4.69) is 0 Å². The topological polar surface area (TPSA) is 81.9 Å². The molecule has 1 saturated heterocycles. The van der Waals surface area contributed by atoms with E-state index in [1.807, 2.05) is 0 Å². The first-order chi connectivity index (χ1) is 9.28. The van der Waals surface area contributed by atoms with E-state index >= 15 is 0 Å². The molecule has 0 aromatic heterocycles. The Kier molecular flexibility index (Phi) is 6.07. The number of carbonyl (C=O) groups excluding carboxylic acids is 2. The summed E-state index contributed by atoms with van der Waals surface area (Å²) in [7, 11) is 0. The molecule has 1 aliphatic rings. The Balaban J connectivity index is 2.77. The lowest BCUT2D eigenvalue weighted by Crippen LogP contribution is -2.44. The van der Waals surface area contributed by atoms with Crippen LogP contribution in [0.15, 0.2) is 0 Å². The van der Waals surface area contributed by atoms with Crippen molar-refractivity contribution >= 4 is 23.7 Å². The second kappa shape index (κ2) is 7.13. The van der Waals surface area contributed by atoms with E-state index in [1.54, 1.807) is 20.8 Å². The number of esters is 1. The van der Waals surface area contributed by atoms with Crippen LogP contribution in [0.3, 0.4) is 0 Å². The van der Waals surface area contributed by atoms with Crippen LogP contribution >= 0.6 is 11.6 Å². The van der Waals surface area contributed by atoms with E-state index in [9.17, 15) is 9.59 Å². The van der Waals surface area contributed by atoms with Gasteiger partial charge in [-0.2, -0.15) is 0 Å². The van der Waals surface area contributed by atoms with Crippen LogP contribution in [0.25, 0.3) is 0 Å². The molecule has 1 amide bonds. The van der Waals surface area contributed by atoms with Gasteiger partial charge < -0.3 is 15.2 Å². The largest absolute Gasteiger partial charge is 0.448 e. The highest BCUT2D eigenvalue weighted by Gasteiger charge is 2.41. The molecule has 1 aliphatic heterocycles. The maximum absolute atomic E-state index is 12.2. The molecule has 0 saturated carbocycles. The molecule has 2 unspecified atom stereocenters. The van der Waals surface area contributed by atoms with Gasteiger partial charge in [-0.15, -0.1) is 0 Å². The maximum atomic E-state index is 12.2. The van der Waals surface area contributed by atoms with Crippen molar-refractivity contribution in [3.05, 3.63) is 0 Å². The normalized spacial score (nSPS) is 22.8. The van der Waals surface area contributed by atoms with E-state index in [4.69, 9.17) is 26.8 Å². The molecule has 0 aliphatic carbocycles. The Morgan fingerprint density at radius 3 is 2.55 bits per heavy atom. The van der Waals surface area contributed by atoms with Gasteiger partial charge in [-0.3, -0.25) is 4.90 Å². The number of nitrogens with two attached hydrogens (primary N) is 1. The number of carbonyl (C=O) groups is 2. The minimum Gasteiger partial charge on any atom is -0.448 e. The average Bonchev–Trinajstić information content (AvgIpc) is 2.72. The molecule has 116 valence electrons. The first kappa shape index (κ1) is 17.0. The molecule has 1 fully saturated rings. The van der Waals surface area contributed by atoms with Crippen molar-refractivity contribution in [1.29, 1.82) is 0 Å². The van der Waals surface area contributed by atoms with Gasteiger partial charge in [0.2, 0.25) is 0 Å². The molecule has 20 heavy (non-hydrogen) atoms. The second-order valence-electron chi connectivity index (χ2n) is 5.90. The van der Waals surface area contributed by atoms with Crippen molar-refractivity contribution in [2.75, 3.05) is 19.2 Å². The van der Waals surface area contributed by atoms with Gasteiger partial charge in [-0.25, -0.2) is 9.59 Å². The SMILES string of the molecule is CC(C)(C)OC(=O)N1CC(CCN)CC1C(=O)OCCl. The van der Waals surface area contributed by atoms with Gasteiger partial charge in [0, 0.05) is 6.54 Å². The summed E-state index contributed by atoms with van der Waals surface area (Å²) < 4.78 is 10.1. The van der Waals surface area contributed by atoms with E-state index in [1.165, 1.54) is 4.90 Å². The van der Waals surface area contributed by atoms with Crippen molar-refractivity contribution < 1.29 is 19.1 Å². The molecule has 7 heteroatoms. The zero-order valence-electron chi connectivity index (χ0n) is 12.2. The van der Waals surface area contributed by atoms with Crippen molar-refractivity contribution in [2.45, 2.75) is 45.3 Å². The number of likely N-dealkylation sites (tertiary alicyclic amines) is 1. The summed E-state index contributed by atoms with van der Waals surface area (Å²) in [4.78, 5) is 25.5. The van der Waals surface area contributed by atoms with Crippen LogP contribution in [0.5, 0.6) is 0 Å². The monoisotopic (exact) mass is 306 g/mol. The van der Waals surface area contributed by atoms with Gasteiger partial charge in [-0.05, 0) is 46.1 Å². The fourth-order valence-electron chi connectivity index (χ4n) is 2.26. The minimum absolute atomic E-state index is 0.181. The summed E-state index contributed by atoms with van der Waals surface area (Å²) in [6, 6.07) is -0.862. The first-order valence-electron chi connectivity index (χ1n) is 6.70. The highest BCUT2D eigenvalue weighted by molar-refractivity contribution is 6.17. The van der Waals surface area contributed by atoms with E-state index in [0.717, 1.165) is 6.42 Å². The quantitative estimate of drug-likeness (QED) is 0.631. The van der Waals surface area contributed by atoms with Crippen LogP contribution in [0.2, 0.25) is 0 Å². The van der Waals surface area contributed by atoms with Gasteiger partial charge in [0.25, 0.3) is 0 Å². The molecule has 1 heterocycles. The number of hydrogen-bond donors (Lipinski definition) is 1. The third-order valence-electron chi connectivity index (χ3n) is 3.06. The van der Waals surface area contributed by atoms with Crippen molar-refractivity contribution in [3.63, 3.8) is 0 Å². The van der Waals surface area contributed by atoms with Crippen LogP contribution in [-0.4, -0.2) is 47.8 Å². The lowest BCUT2D eigenvalue weighted by Gasteiger charge is -2.27. The maximum Gasteiger partial charge on any atom is 0.411 e. The fraction of sp³-hybridized carbons (Fsp3) is 0.846. The Morgan fingerprint density at radius 2 is 2.05 bits per heavy atom. The highest BCUT2D eigenvalue weighted by atomic mass is 35.5. The molecule has 0 aromatic carbocycles. The predicted molar refractivity (Wildman–Crippen MR) is 75.3 cm³/mol. The van der Waals surface area contributed by atoms with E-state index < -0.39 is 23.7 Å². The van der Waals surface area contributed by atoms with Crippen molar-refractivity contribution in [2.24, 2.45) is 11.7 Å². The number of rotatable bonds is 4. The summed E-state index contributed by atoms with van der Waals surface area (Å²) in [5.74, 6) is -0.314. The van der Waals surface area contributed by atoms with Crippen molar-refractivity contribution in [3.8, 4) is 0 Å². The number of amides is 1. The molecular weight excluding hydrogens is 284 g/mol. The molecule has 0 bridgehead atoms. The Hall–Kier alpha value is -1.01. The third-order valence-corrected chi connectivity index (χ3v) is 3.17. The van der Waals surface area contributed by atoms with Crippen LogP contribution in [0.4, 0.5) is 4.79 Å². The molecule has 2 N–H and O–H groups in total. The van der Waals surface area contributed by atoms with Crippen LogP contribution in [0, 0.1) is 5.92 Å². The minimum atomic E-state index is -0.639. The number of nitrogens with zero attached hydrogens (tertiary/aromatic N) is 1. The summed E-state index contributed by atoms with van der Waals surface area (Å²) in [6.07, 6.45) is 0.782. The zero-order chi connectivity index (χ0) is 15.3. The van der Waals surface area contributed by atoms with Gasteiger partial charge in [0.05, 0.1) is 0 Å². The molecular formula is C13H23ClN2O4. The number of hydrogen-bond acceptors (Lipinski definition) is 5. The number of alkyl halides is 1. The average molecular weight is 307 g/mol. The lowest BCUT2D eigenvalue weighted by molar-refractivity contribution is -0.146. The standard InChI is InChI=1S/C13H23ClN2O4/c1-13(2,3)20-12(18)16-7-9(4-5-15)6-10(16)11(17)19-8-14/h9-10H,4-8,15H2,1-3H3. The molecule has 2 atom stereocenters. The number of halogens is 1.